The van der Waals surface area contributed by atoms with Gasteiger partial charge < -0.3 is 5.32 Å². The molecule has 106 valence electrons. The first-order valence-corrected chi connectivity index (χ1v) is 7.06. The lowest BCUT2D eigenvalue weighted by atomic mass is 9.83. The summed E-state index contributed by atoms with van der Waals surface area (Å²) >= 11 is 0. The molecule has 2 atom stereocenters. The number of alkyl halides is 1. The van der Waals surface area contributed by atoms with Crippen LogP contribution in [0.15, 0.2) is 36.5 Å². The van der Waals surface area contributed by atoms with Gasteiger partial charge in [0, 0.05) is 12.5 Å². The van der Waals surface area contributed by atoms with E-state index in [-0.39, 0.29) is 5.92 Å². The van der Waals surface area contributed by atoms with Gasteiger partial charge in [0.1, 0.15) is 5.69 Å². The predicted molar refractivity (Wildman–Crippen MR) is 75.4 cm³/mol. The molecule has 0 radical (unpaired) electrons. The van der Waals surface area contributed by atoms with Crippen LogP contribution in [-0.2, 0) is 5.67 Å². The number of hydrogen-bond donors (Lipinski definition) is 1. The molecule has 20 heavy (non-hydrogen) atoms. The maximum atomic E-state index is 15.3. The van der Waals surface area contributed by atoms with E-state index in [0.717, 1.165) is 25.1 Å². The van der Waals surface area contributed by atoms with Gasteiger partial charge in [-0.05, 0) is 38.4 Å². The van der Waals surface area contributed by atoms with E-state index in [1.807, 2.05) is 30.3 Å². The van der Waals surface area contributed by atoms with E-state index in [1.54, 1.807) is 17.8 Å². The SMILES string of the molecule is CC(F)(c1cnnn1-c1ccccc1)C1CCCNC1. The molecule has 3 rings (SSSR count). The minimum Gasteiger partial charge on any atom is -0.316 e. The molecule has 1 aromatic carbocycles. The van der Waals surface area contributed by atoms with Gasteiger partial charge in [-0.2, -0.15) is 0 Å². The fraction of sp³-hybridized carbons (Fsp3) is 0.467. The number of aromatic nitrogens is 3. The summed E-state index contributed by atoms with van der Waals surface area (Å²) in [6.45, 7) is 3.32. The second-order valence-electron chi connectivity index (χ2n) is 5.49. The van der Waals surface area contributed by atoms with Gasteiger partial charge in [0.2, 0.25) is 0 Å². The van der Waals surface area contributed by atoms with E-state index in [1.165, 1.54) is 0 Å². The monoisotopic (exact) mass is 274 g/mol. The second kappa shape index (κ2) is 5.32. The highest BCUT2D eigenvalue weighted by Gasteiger charge is 2.40. The standard InChI is InChI=1S/C15H19FN4/c1-15(16,12-6-5-9-17-10-12)14-11-18-19-20(14)13-7-3-2-4-8-13/h2-4,7-8,11-12,17H,5-6,9-10H2,1H3. The lowest BCUT2D eigenvalue weighted by Gasteiger charge is -2.33. The van der Waals surface area contributed by atoms with Crippen LogP contribution in [0.25, 0.3) is 5.69 Å². The molecule has 2 heterocycles. The molecule has 1 N–H and O–H groups in total. The molecule has 0 aliphatic carbocycles. The molecule has 0 amide bonds. The Balaban J connectivity index is 1.96. The largest absolute Gasteiger partial charge is 0.316 e. The smallest absolute Gasteiger partial charge is 0.155 e. The molecule has 1 saturated heterocycles. The summed E-state index contributed by atoms with van der Waals surface area (Å²) in [6, 6.07) is 9.58. The van der Waals surface area contributed by atoms with Gasteiger partial charge >= 0.3 is 0 Å². The summed E-state index contributed by atoms with van der Waals surface area (Å²) in [7, 11) is 0. The Morgan fingerprint density at radius 2 is 2.15 bits per heavy atom. The van der Waals surface area contributed by atoms with Gasteiger partial charge in [-0.1, -0.05) is 23.4 Å². The number of nitrogens with one attached hydrogen (secondary N) is 1. The van der Waals surface area contributed by atoms with E-state index in [9.17, 15) is 0 Å². The molecule has 2 aromatic rings. The van der Waals surface area contributed by atoms with Crippen LogP contribution in [0, 0.1) is 5.92 Å². The summed E-state index contributed by atoms with van der Waals surface area (Å²) in [6.07, 6.45) is 3.44. The van der Waals surface area contributed by atoms with Gasteiger partial charge in [-0.3, -0.25) is 0 Å². The van der Waals surface area contributed by atoms with E-state index in [4.69, 9.17) is 0 Å². The number of rotatable bonds is 3. The Hall–Kier alpha value is -1.75. The average Bonchev–Trinajstić information content (AvgIpc) is 2.99. The van der Waals surface area contributed by atoms with Crippen LogP contribution in [0.1, 0.15) is 25.5 Å². The van der Waals surface area contributed by atoms with Crippen molar-refractivity contribution in [3.8, 4) is 5.69 Å². The second-order valence-corrected chi connectivity index (χ2v) is 5.49. The van der Waals surface area contributed by atoms with Gasteiger partial charge in [-0.15, -0.1) is 5.10 Å². The molecule has 5 heteroatoms. The predicted octanol–water partition coefficient (Wildman–Crippen LogP) is 2.45. The third-order valence-electron chi connectivity index (χ3n) is 4.11. The number of para-hydroxylation sites is 1. The third kappa shape index (κ3) is 2.33. The Morgan fingerprint density at radius 3 is 2.85 bits per heavy atom. The van der Waals surface area contributed by atoms with Gasteiger partial charge in [-0.25, -0.2) is 9.07 Å². The number of nitrogens with zero attached hydrogens (tertiary/aromatic N) is 3. The highest BCUT2D eigenvalue weighted by Crippen LogP contribution is 2.37. The molecule has 1 fully saturated rings. The van der Waals surface area contributed by atoms with Crippen LogP contribution in [-0.4, -0.2) is 28.1 Å². The minimum atomic E-state index is -1.44. The van der Waals surface area contributed by atoms with Crippen molar-refractivity contribution < 1.29 is 4.39 Å². The van der Waals surface area contributed by atoms with Crippen LogP contribution >= 0.6 is 0 Å². The maximum Gasteiger partial charge on any atom is 0.155 e. The molecular formula is C15H19FN4. The van der Waals surface area contributed by atoms with Crippen molar-refractivity contribution in [1.29, 1.82) is 0 Å². The van der Waals surface area contributed by atoms with E-state index < -0.39 is 5.67 Å². The first-order valence-electron chi connectivity index (χ1n) is 7.06. The van der Waals surface area contributed by atoms with Crippen molar-refractivity contribution in [2.45, 2.75) is 25.4 Å². The van der Waals surface area contributed by atoms with Crippen molar-refractivity contribution in [1.82, 2.24) is 20.3 Å². The molecule has 0 spiro atoms. The summed E-state index contributed by atoms with van der Waals surface area (Å²) in [5.41, 5.74) is -0.0720. The number of hydrogen-bond acceptors (Lipinski definition) is 3. The van der Waals surface area contributed by atoms with Crippen molar-refractivity contribution in [3.05, 3.63) is 42.2 Å². The van der Waals surface area contributed by atoms with Crippen LogP contribution in [0.5, 0.6) is 0 Å². The van der Waals surface area contributed by atoms with E-state index in [0.29, 0.717) is 12.2 Å². The zero-order valence-corrected chi connectivity index (χ0v) is 11.6. The Kier molecular flexibility index (Phi) is 3.53. The van der Waals surface area contributed by atoms with Crippen LogP contribution in [0.2, 0.25) is 0 Å². The van der Waals surface area contributed by atoms with Crippen LogP contribution in [0.3, 0.4) is 0 Å². The van der Waals surface area contributed by atoms with Crippen molar-refractivity contribution in [3.63, 3.8) is 0 Å². The zero-order valence-electron chi connectivity index (χ0n) is 11.6. The first kappa shape index (κ1) is 13.2. The zero-order chi connectivity index (χ0) is 14.0. The molecule has 0 saturated carbocycles. The number of benzene rings is 1. The van der Waals surface area contributed by atoms with E-state index in [2.05, 4.69) is 15.6 Å². The van der Waals surface area contributed by atoms with Crippen molar-refractivity contribution in [2.24, 2.45) is 5.92 Å². The number of halogens is 1. The lowest BCUT2D eigenvalue weighted by molar-refractivity contribution is 0.0739. The molecule has 1 aromatic heterocycles. The molecule has 1 aliphatic rings. The summed E-state index contributed by atoms with van der Waals surface area (Å²) in [5.74, 6) is -0.0442. The fourth-order valence-electron chi connectivity index (χ4n) is 2.85. The van der Waals surface area contributed by atoms with Crippen molar-refractivity contribution in [2.75, 3.05) is 13.1 Å². The van der Waals surface area contributed by atoms with Crippen molar-refractivity contribution >= 4 is 0 Å². The average molecular weight is 274 g/mol. The quantitative estimate of drug-likeness (QED) is 0.935. The molecule has 0 bridgehead atoms. The molecular weight excluding hydrogens is 255 g/mol. The number of piperidine rings is 1. The first-order chi connectivity index (χ1) is 9.69. The highest BCUT2D eigenvalue weighted by molar-refractivity contribution is 5.33. The van der Waals surface area contributed by atoms with Crippen LogP contribution < -0.4 is 5.32 Å². The molecule has 4 nitrogen and oxygen atoms in total. The van der Waals surface area contributed by atoms with Gasteiger partial charge in [0.25, 0.3) is 0 Å². The molecule has 1 aliphatic heterocycles. The topological polar surface area (TPSA) is 42.7 Å². The summed E-state index contributed by atoms with van der Waals surface area (Å²) < 4.78 is 17.0. The normalized spacial score (nSPS) is 22.4. The lowest BCUT2D eigenvalue weighted by Crippen LogP contribution is -2.41. The van der Waals surface area contributed by atoms with Gasteiger partial charge in [0.15, 0.2) is 5.67 Å². The maximum absolute atomic E-state index is 15.3. The molecule has 2 unspecified atom stereocenters. The summed E-state index contributed by atoms with van der Waals surface area (Å²) in [4.78, 5) is 0. The minimum absolute atomic E-state index is 0.0442. The van der Waals surface area contributed by atoms with Gasteiger partial charge in [0.05, 0.1) is 11.9 Å². The summed E-state index contributed by atoms with van der Waals surface area (Å²) in [5, 5.41) is 11.2. The fourth-order valence-corrected chi connectivity index (χ4v) is 2.85. The third-order valence-corrected chi connectivity index (χ3v) is 4.11. The van der Waals surface area contributed by atoms with Crippen LogP contribution in [0.4, 0.5) is 4.39 Å². The highest BCUT2D eigenvalue weighted by atomic mass is 19.1. The Morgan fingerprint density at radius 1 is 1.35 bits per heavy atom. The Labute approximate surface area is 118 Å². The Bertz CT molecular complexity index is 558. The van der Waals surface area contributed by atoms with E-state index >= 15 is 4.39 Å².